The molecule has 0 bridgehead atoms. The van der Waals surface area contributed by atoms with Gasteiger partial charge < -0.3 is 18.9 Å². The first-order valence-electron chi connectivity index (χ1n) is 10.4. The van der Waals surface area contributed by atoms with E-state index in [1.54, 1.807) is 7.11 Å². The molecule has 0 unspecified atom stereocenters. The number of likely N-dealkylation sites (tertiary alicyclic amines) is 1. The Morgan fingerprint density at radius 1 is 1.18 bits per heavy atom. The van der Waals surface area contributed by atoms with E-state index in [-0.39, 0.29) is 0 Å². The highest BCUT2D eigenvalue weighted by atomic mass is 16.5. The van der Waals surface area contributed by atoms with Crippen molar-refractivity contribution in [3.8, 4) is 0 Å². The van der Waals surface area contributed by atoms with Crippen LogP contribution in [0.25, 0.3) is 0 Å². The number of hydrogen-bond donors (Lipinski definition) is 0. The maximum Gasteiger partial charge on any atom is 0.258 e. The molecule has 2 aliphatic heterocycles. The van der Waals surface area contributed by atoms with Gasteiger partial charge in [-0.1, -0.05) is 42.4 Å². The Balaban J connectivity index is 1.38. The second-order valence-corrected chi connectivity index (χ2v) is 8.16. The van der Waals surface area contributed by atoms with E-state index in [9.17, 15) is 0 Å². The minimum Gasteiger partial charge on any atom is -0.381 e. The van der Waals surface area contributed by atoms with Gasteiger partial charge in [0.1, 0.15) is 5.60 Å². The van der Waals surface area contributed by atoms with Gasteiger partial charge in [0.25, 0.3) is 5.89 Å². The lowest BCUT2D eigenvalue weighted by Crippen LogP contribution is -2.45. The van der Waals surface area contributed by atoms with Crippen molar-refractivity contribution < 1.29 is 14.0 Å². The fraction of sp³-hybridized carbons (Fsp3) is 0.636. The van der Waals surface area contributed by atoms with E-state index in [2.05, 4.69) is 47.3 Å². The number of hydrogen-bond acceptors (Lipinski definition) is 6. The van der Waals surface area contributed by atoms with E-state index < -0.39 is 5.60 Å². The predicted octanol–water partition coefficient (Wildman–Crippen LogP) is 3.70. The molecule has 2 saturated heterocycles. The maximum atomic E-state index is 5.96. The number of nitrogens with zero attached hydrogens (tertiary/aromatic N) is 3. The third kappa shape index (κ3) is 4.14. The average Bonchev–Trinajstić information content (AvgIpc) is 3.27. The van der Waals surface area contributed by atoms with Crippen LogP contribution in [0, 0.1) is 0 Å². The lowest BCUT2D eigenvalue weighted by molar-refractivity contribution is -0.0831. The Kier molecular flexibility index (Phi) is 6.09. The molecule has 152 valence electrons. The lowest BCUT2D eigenvalue weighted by atomic mass is 9.89. The first-order chi connectivity index (χ1) is 13.7. The lowest BCUT2D eigenvalue weighted by Gasteiger charge is -2.39. The SMILES string of the molecule is COC1(c2nc(C3CCOCC3)no2)CCN(C[C@@H](C)c2ccccc2)CC1. The molecule has 1 aromatic carbocycles. The average molecular weight is 386 g/mol. The van der Waals surface area contributed by atoms with Crippen molar-refractivity contribution in [2.45, 2.75) is 50.0 Å². The van der Waals surface area contributed by atoms with Crippen LogP contribution in [0.1, 0.15) is 61.7 Å². The van der Waals surface area contributed by atoms with Crippen LogP contribution >= 0.6 is 0 Å². The van der Waals surface area contributed by atoms with Gasteiger partial charge in [-0.05, 0) is 37.2 Å². The summed E-state index contributed by atoms with van der Waals surface area (Å²) in [6.07, 6.45) is 3.68. The van der Waals surface area contributed by atoms with Crippen molar-refractivity contribution in [1.29, 1.82) is 0 Å². The molecule has 6 nitrogen and oxygen atoms in total. The molecule has 0 amide bonds. The summed E-state index contributed by atoms with van der Waals surface area (Å²) in [5, 5.41) is 4.28. The molecule has 2 aliphatic rings. The van der Waals surface area contributed by atoms with Gasteiger partial charge in [0.05, 0.1) is 0 Å². The Morgan fingerprint density at radius 2 is 1.89 bits per heavy atom. The molecule has 3 heterocycles. The molecular weight excluding hydrogens is 354 g/mol. The zero-order valence-corrected chi connectivity index (χ0v) is 17.0. The number of rotatable bonds is 6. The Bertz CT molecular complexity index is 734. The summed E-state index contributed by atoms with van der Waals surface area (Å²) in [4.78, 5) is 7.28. The molecule has 0 N–H and O–H groups in total. The highest BCUT2D eigenvalue weighted by molar-refractivity contribution is 5.19. The summed E-state index contributed by atoms with van der Waals surface area (Å²) < 4.78 is 17.1. The molecule has 0 spiro atoms. The van der Waals surface area contributed by atoms with Crippen molar-refractivity contribution in [3.05, 3.63) is 47.6 Å². The summed E-state index contributed by atoms with van der Waals surface area (Å²) in [5.41, 5.74) is 0.937. The van der Waals surface area contributed by atoms with Crippen LogP contribution in [0.2, 0.25) is 0 Å². The summed E-state index contributed by atoms with van der Waals surface area (Å²) in [7, 11) is 1.76. The number of ether oxygens (including phenoxy) is 2. The second kappa shape index (κ2) is 8.72. The van der Waals surface area contributed by atoms with Gasteiger partial charge in [-0.15, -0.1) is 0 Å². The smallest absolute Gasteiger partial charge is 0.258 e. The molecule has 1 aromatic heterocycles. The predicted molar refractivity (Wildman–Crippen MR) is 106 cm³/mol. The maximum absolute atomic E-state index is 5.96. The van der Waals surface area contributed by atoms with Crippen molar-refractivity contribution in [2.75, 3.05) is 40.0 Å². The third-order valence-corrected chi connectivity index (χ3v) is 6.37. The van der Waals surface area contributed by atoms with Crippen molar-refractivity contribution in [2.24, 2.45) is 0 Å². The summed E-state index contributed by atoms with van der Waals surface area (Å²) >= 11 is 0. The van der Waals surface area contributed by atoms with Gasteiger partial charge in [-0.3, -0.25) is 0 Å². The Morgan fingerprint density at radius 3 is 2.57 bits per heavy atom. The van der Waals surface area contributed by atoms with Crippen LogP contribution < -0.4 is 0 Å². The molecular formula is C22H31N3O3. The van der Waals surface area contributed by atoms with E-state index >= 15 is 0 Å². The highest BCUT2D eigenvalue weighted by Gasteiger charge is 2.42. The van der Waals surface area contributed by atoms with E-state index in [1.807, 2.05) is 0 Å². The zero-order valence-electron chi connectivity index (χ0n) is 17.0. The van der Waals surface area contributed by atoms with Crippen LogP contribution in [0.5, 0.6) is 0 Å². The van der Waals surface area contributed by atoms with Crippen LogP contribution in [0.15, 0.2) is 34.9 Å². The summed E-state index contributed by atoms with van der Waals surface area (Å²) in [6, 6.07) is 10.7. The van der Waals surface area contributed by atoms with E-state index in [0.717, 1.165) is 64.4 Å². The summed E-state index contributed by atoms with van der Waals surface area (Å²) in [5.74, 6) is 2.31. The van der Waals surface area contributed by atoms with Crippen LogP contribution in [0.4, 0.5) is 0 Å². The largest absolute Gasteiger partial charge is 0.381 e. The molecule has 4 rings (SSSR count). The second-order valence-electron chi connectivity index (χ2n) is 8.16. The first-order valence-corrected chi connectivity index (χ1v) is 10.4. The number of piperidine rings is 1. The standard InChI is InChI=1S/C22H31N3O3/c1-17(18-6-4-3-5-7-18)16-25-12-10-22(26-2,11-13-25)21-23-20(24-28-21)19-8-14-27-15-9-19/h3-7,17,19H,8-16H2,1-2H3/t17-/m1/s1. The minimum absolute atomic E-state index is 0.340. The van der Waals surface area contributed by atoms with Gasteiger partial charge in [0, 0.05) is 45.9 Å². The molecule has 2 aromatic rings. The number of benzene rings is 1. The third-order valence-electron chi connectivity index (χ3n) is 6.37. The molecule has 1 atom stereocenters. The Labute approximate surface area is 167 Å². The van der Waals surface area contributed by atoms with E-state index in [1.165, 1.54) is 5.56 Å². The van der Waals surface area contributed by atoms with Gasteiger partial charge in [-0.25, -0.2) is 0 Å². The fourth-order valence-corrected chi connectivity index (χ4v) is 4.42. The van der Waals surface area contributed by atoms with Gasteiger partial charge in [0.2, 0.25) is 0 Å². The van der Waals surface area contributed by atoms with Crippen molar-refractivity contribution in [3.63, 3.8) is 0 Å². The highest BCUT2D eigenvalue weighted by Crippen LogP contribution is 2.37. The minimum atomic E-state index is -0.455. The van der Waals surface area contributed by atoms with Crippen LogP contribution in [-0.2, 0) is 15.1 Å². The molecule has 0 aliphatic carbocycles. The van der Waals surface area contributed by atoms with Gasteiger partial charge in [-0.2, -0.15) is 4.98 Å². The van der Waals surface area contributed by atoms with Crippen LogP contribution in [-0.4, -0.2) is 55.0 Å². The number of aromatic nitrogens is 2. The normalized spacial score (nSPS) is 22.2. The van der Waals surface area contributed by atoms with Gasteiger partial charge >= 0.3 is 0 Å². The monoisotopic (exact) mass is 385 g/mol. The van der Waals surface area contributed by atoms with E-state index in [4.69, 9.17) is 19.0 Å². The zero-order chi connectivity index (χ0) is 19.4. The molecule has 0 saturated carbocycles. The Hall–Kier alpha value is -1.76. The van der Waals surface area contributed by atoms with E-state index in [0.29, 0.717) is 17.7 Å². The molecule has 6 heteroatoms. The molecule has 28 heavy (non-hydrogen) atoms. The quantitative estimate of drug-likeness (QED) is 0.756. The molecule has 0 radical (unpaired) electrons. The van der Waals surface area contributed by atoms with Gasteiger partial charge in [0.15, 0.2) is 5.82 Å². The first kappa shape index (κ1) is 19.6. The van der Waals surface area contributed by atoms with Crippen LogP contribution in [0.3, 0.4) is 0 Å². The van der Waals surface area contributed by atoms with Crippen molar-refractivity contribution >= 4 is 0 Å². The van der Waals surface area contributed by atoms with Crippen molar-refractivity contribution in [1.82, 2.24) is 15.0 Å². The molecule has 2 fully saturated rings. The number of methoxy groups -OCH3 is 1. The fourth-order valence-electron chi connectivity index (χ4n) is 4.42. The topological polar surface area (TPSA) is 60.6 Å². The summed E-state index contributed by atoms with van der Waals surface area (Å²) in [6.45, 7) is 6.85.